The third-order valence-corrected chi connectivity index (χ3v) is 3.82. The summed E-state index contributed by atoms with van der Waals surface area (Å²) in [4.78, 5) is 13.2. The molecule has 4 heteroatoms. The number of carboxylic acid groups (broad SMARTS) is 1. The summed E-state index contributed by atoms with van der Waals surface area (Å²) in [5.41, 5.74) is 1.19. The van der Waals surface area contributed by atoms with Crippen LogP contribution >= 0.6 is 0 Å². The Kier molecular flexibility index (Phi) is 4.58. The van der Waals surface area contributed by atoms with Gasteiger partial charge in [0, 0.05) is 11.6 Å². The van der Waals surface area contributed by atoms with Gasteiger partial charge in [0.15, 0.2) is 0 Å². The molecule has 0 aliphatic carbocycles. The van der Waals surface area contributed by atoms with Gasteiger partial charge in [-0.05, 0) is 40.8 Å². The fourth-order valence-electron chi connectivity index (χ4n) is 2.02. The Bertz CT molecular complexity index is 468. The molecule has 0 aliphatic rings. The normalized spacial score (nSPS) is 13.4. The van der Waals surface area contributed by atoms with Crippen LogP contribution in [0.2, 0.25) is 0 Å². The van der Waals surface area contributed by atoms with Crippen molar-refractivity contribution < 1.29 is 14.6 Å². The van der Waals surface area contributed by atoms with Crippen LogP contribution in [0.4, 0.5) is 0 Å². The molecular formula is C15H23NO3. The lowest BCUT2D eigenvalue weighted by Crippen LogP contribution is -2.48. The smallest absolute Gasteiger partial charge is 0.323 e. The molecule has 0 spiro atoms. The standard InChI is InChI=1S/C15H23NO3/c1-10-7-8-13(19-6)12(9-10)11(2)16(5)15(3,4)14(17)18/h7-9,11H,1-6H3,(H,17,18). The Morgan fingerprint density at radius 3 is 2.47 bits per heavy atom. The molecule has 1 unspecified atom stereocenters. The summed E-state index contributed by atoms with van der Waals surface area (Å²) >= 11 is 0. The Morgan fingerprint density at radius 1 is 1.42 bits per heavy atom. The highest BCUT2D eigenvalue weighted by Gasteiger charge is 2.35. The summed E-state index contributed by atoms with van der Waals surface area (Å²) < 4.78 is 5.37. The van der Waals surface area contributed by atoms with E-state index in [9.17, 15) is 9.90 Å². The van der Waals surface area contributed by atoms with E-state index >= 15 is 0 Å². The van der Waals surface area contributed by atoms with Crippen molar-refractivity contribution in [3.8, 4) is 5.75 Å². The Morgan fingerprint density at radius 2 is 2.00 bits per heavy atom. The van der Waals surface area contributed by atoms with E-state index in [1.54, 1.807) is 21.0 Å². The molecule has 0 saturated carbocycles. The Labute approximate surface area is 115 Å². The van der Waals surface area contributed by atoms with Crippen LogP contribution < -0.4 is 4.74 Å². The average molecular weight is 265 g/mol. The second-order valence-electron chi connectivity index (χ2n) is 5.40. The van der Waals surface area contributed by atoms with Crippen molar-refractivity contribution in [1.29, 1.82) is 0 Å². The van der Waals surface area contributed by atoms with Crippen LogP contribution in [-0.4, -0.2) is 35.7 Å². The molecule has 0 bridgehead atoms. The van der Waals surface area contributed by atoms with Crippen LogP contribution in [0.3, 0.4) is 0 Å². The molecule has 0 saturated heterocycles. The molecule has 1 atom stereocenters. The van der Waals surface area contributed by atoms with E-state index in [1.165, 1.54) is 0 Å². The molecule has 1 N–H and O–H groups in total. The van der Waals surface area contributed by atoms with E-state index in [4.69, 9.17) is 4.74 Å². The predicted molar refractivity (Wildman–Crippen MR) is 75.6 cm³/mol. The number of likely N-dealkylation sites (N-methyl/N-ethyl adjacent to an activating group) is 1. The number of ether oxygens (including phenoxy) is 1. The topological polar surface area (TPSA) is 49.8 Å². The SMILES string of the molecule is COc1ccc(C)cc1C(C)N(C)C(C)(C)C(=O)O. The molecular weight excluding hydrogens is 242 g/mol. The predicted octanol–water partition coefficient (Wildman–Crippen LogP) is 2.86. The molecule has 0 fully saturated rings. The van der Waals surface area contributed by atoms with Crippen LogP contribution in [-0.2, 0) is 4.79 Å². The summed E-state index contributed by atoms with van der Waals surface area (Å²) in [5, 5.41) is 9.32. The first kappa shape index (κ1) is 15.5. The molecule has 0 aliphatic heterocycles. The van der Waals surface area contributed by atoms with Crippen LogP contribution in [0.5, 0.6) is 5.75 Å². The van der Waals surface area contributed by atoms with E-state index in [1.807, 2.05) is 44.0 Å². The monoisotopic (exact) mass is 265 g/mol. The van der Waals surface area contributed by atoms with Gasteiger partial charge in [-0.3, -0.25) is 9.69 Å². The van der Waals surface area contributed by atoms with E-state index in [0.717, 1.165) is 16.9 Å². The van der Waals surface area contributed by atoms with Crippen molar-refractivity contribution in [1.82, 2.24) is 4.90 Å². The van der Waals surface area contributed by atoms with Crippen LogP contribution in [0.1, 0.15) is 37.9 Å². The minimum Gasteiger partial charge on any atom is -0.496 e. The lowest BCUT2D eigenvalue weighted by molar-refractivity contribution is -0.149. The third kappa shape index (κ3) is 3.07. The number of benzene rings is 1. The molecule has 0 radical (unpaired) electrons. The second-order valence-corrected chi connectivity index (χ2v) is 5.40. The zero-order chi connectivity index (χ0) is 14.8. The highest BCUT2D eigenvalue weighted by Crippen LogP contribution is 2.33. The number of aliphatic carboxylic acids is 1. The largest absolute Gasteiger partial charge is 0.496 e. The Hall–Kier alpha value is -1.55. The molecule has 1 aromatic rings. The summed E-state index contributed by atoms with van der Waals surface area (Å²) in [7, 11) is 3.45. The maximum atomic E-state index is 11.3. The molecule has 4 nitrogen and oxygen atoms in total. The van der Waals surface area contributed by atoms with Gasteiger partial charge in [-0.25, -0.2) is 0 Å². The summed E-state index contributed by atoms with van der Waals surface area (Å²) in [5.74, 6) is -0.0559. The fraction of sp³-hybridized carbons (Fsp3) is 0.533. The lowest BCUT2D eigenvalue weighted by Gasteiger charge is -2.37. The lowest BCUT2D eigenvalue weighted by atomic mass is 9.97. The van der Waals surface area contributed by atoms with Gasteiger partial charge in [0.1, 0.15) is 11.3 Å². The van der Waals surface area contributed by atoms with E-state index in [2.05, 4.69) is 0 Å². The Balaban J connectivity index is 3.16. The second kappa shape index (κ2) is 5.61. The fourth-order valence-corrected chi connectivity index (χ4v) is 2.02. The number of methoxy groups -OCH3 is 1. The zero-order valence-electron chi connectivity index (χ0n) is 12.5. The first-order valence-corrected chi connectivity index (χ1v) is 6.32. The number of nitrogens with zero attached hydrogens (tertiary/aromatic N) is 1. The summed E-state index contributed by atoms with van der Waals surface area (Å²) in [6, 6.07) is 5.89. The average Bonchev–Trinajstić information content (AvgIpc) is 2.36. The molecule has 0 heterocycles. The number of hydrogen-bond donors (Lipinski definition) is 1. The zero-order valence-corrected chi connectivity index (χ0v) is 12.5. The minimum atomic E-state index is -0.936. The molecule has 0 amide bonds. The maximum absolute atomic E-state index is 11.3. The van der Waals surface area contributed by atoms with Crippen LogP contribution in [0.15, 0.2) is 18.2 Å². The summed E-state index contributed by atoms with van der Waals surface area (Å²) in [6.07, 6.45) is 0. The van der Waals surface area contributed by atoms with Gasteiger partial charge in [-0.1, -0.05) is 17.7 Å². The highest BCUT2D eigenvalue weighted by atomic mass is 16.5. The van der Waals surface area contributed by atoms with Crippen molar-refractivity contribution in [2.45, 2.75) is 39.3 Å². The number of carbonyl (C=O) groups is 1. The first-order chi connectivity index (χ1) is 8.71. The molecule has 106 valence electrons. The van der Waals surface area contributed by atoms with E-state index < -0.39 is 11.5 Å². The van der Waals surface area contributed by atoms with Crippen molar-refractivity contribution in [2.24, 2.45) is 0 Å². The van der Waals surface area contributed by atoms with Crippen molar-refractivity contribution >= 4 is 5.97 Å². The highest BCUT2D eigenvalue weighted by molar-refractivity contribution is 5.77. The van der Waals surface area contributed by atoms with Crippen molar-refractivity contribution in [3.05, 3.63) is 29.3 Å². The van der Waals surface area contributed by atoms with Gasteiger partial charge in [0.25, 0.3) is 0 Å². The molecule has 1 aromatic carbocycles. The minimum absolute atomic E-state index is 0.0547. The number of aryl methyl sites for hydroxylation is 1. The molecule has 19 heavy (non-hydrogen) atoms. The molecule has 1 rings (SSSR count). The van der Waals surface area contributed by atoms with Gasteiger partial charge in [-0.2, -0.15) is 0 Å². The van der Waals surface area contributed by atoms with Gasteiger partial charge in [0.2, 0.25) is 0 Å². The van der Waals surface area contributed by atoms with Crippen LogP contribution in [0.25, 0.3) is 0 Å². The first-order valence-electron chi connectivity index (χ1n) is 6.32. The van der Waals surface area contributed by atoms with Gasteiger partial charge in [0.05, 0.1) is 7.11 Å². The quantitative estimate of drug-likeness (QED) is 0.889. The number of hydrogen-bond acceptors (Lipinski definition) is 3. The third-order valence-electron chi connectivity index (χ3n) is 3.82. The summed E-state index contributed by atoms with van der Waals surface area (Å²) in [6.45, 7) is 7.40. The van der Waals surface area contributed by atoms with E-state index in [-0.39, 0.29) is 6.04 Å². The van der Waals surface area contributed by atoms with Gasteiger partial charge < -0.3 is 9.84 Å². The van der Waals surface area contributed by atoms with Gasteiger partial charge in [-0.15, -0.1) is 0 Å². The maximum Gasteiger partial charge on any atom is 0.323 e. The van der Waals surface area contributed by atoms with E-state index in [0.29, 0.717) is 0 Å². The van der Waals surface area contributed by atoms with Crippen LogP contribution in [0, 0.1) is 6.92 Å². The molecule has 0 aromatic heterocycles. The van der Waals surface area contributed by atoms with Crippen molar-refractivity contribution in [2.75, 3.05) is 14.2 Å². The number of carboxylic acids is 1. The van der Waals surface area contributed by atoms with Gasteiger partial charge >= 0.3 is 5.97 Å². The number of rotatable bonds is 5. The van der Waals surface area contributed by atoms with Crippen molar-refractivity contribution in [3.63, 3.8) is 0 Å².